The van der Waals surface area contributed by atoms with Crippen molar-refractivity contribution in [3.8, 4) is 0 Å². The number of nitrogens with zero attached hydrogens (tertiary/aromatic N) is 1. The first-order chi connectivity index (χ1) is 7.45. The second-order valence-electron chi connectivity index (χ2n) is 5.96. The number of nitrogens with one attached hydrogen (secondary N) is 1. The van der Waals surface area contributed by atoms with Crippen LogP contribution in [0.25, 0.3) is 0 Å². The molecule has 0 aliphatic carbocycles. The smallest absolute Gasteiger partial charge is 0.0619 e. The molecule has 0 saturated carbocycles. The van der Waals surface area contributed by atoms with Gasteiger partial charge in [-0.05, 0) is 25.8 Å². The van der Waals surface area contributed by atoms with E-state index in [0.29, 0.717) is 17.5 Å². The molecule has 1 heterocycles. The summed E-state index contributed by atoms with van der Waals surface area (Å²) in [6, 6.07) is 1.16. The summed E-state index contributed by atoms with van der Waals surface area (Å²) < 4.78 is 5.46. The lowest BCUT2D eigenvalue weighted by molar-refractivity contribution is -0.00326. The van der Waals surface area contributed by atoms with Gasteiger partial charge in [-0.3, -0.25) is 4.90 Å². The highest BCUT2D eigenvalue weighted by Gasteiger charge is 2.25. The number of rotatable bonds is 4. The molecule has 3 heteroatoms. The van der Waals surface area contributed by atoms with Crippen molar-refractivity contribution in [2.24, 2.45) is 5.41 Å². The molecule has 0 aromatic heterocycles. The lowest BCUT2D eigenvalue weighted by Gasteiger charge is -2.36. The summed E-state index contributed by atoms with van der Waals surface area (Å²) in [6.45, 7) is 13.2. The number of hydrogen-bond donors (Lipinski definition) is 1. The van der Waals surface area contributed by atoms with Crippen LogP contribution in [0.4, 0.5) is 0 Å². The number of morpholine rings is 1. The van der Waals surface area contributed by atoms with Crippen molar-refractivity contribution in [3.63, 3.8) is 0 Å². The molecule has 1 saturated heterocycles. The SMILES string of the molecule is CNC(CCN1CCOCC1C)C(C)(C)C. The van der Waals surface area contributed by atoms with E-state index in [9.17, 15) is 0 Å². The fourth-order valence-electron chi connectivity index (χ4n) is 2.40. The Morgan fingerprint density at radius 3 is 2.62 bits per heavy atom. The molecule has 0 aromatic rings. The van der Waals surface area contributed by atoms with E-state index in [-0.39, 0.29) is 0 Å². The summed E-state index contributed by atoms with van der Waals surface area (Å²) >= 11 is 0. The molecule has 16 heavy (non-hydrogen) atoms. The fourth-order valence-corrected chi connectivity index (χ4v) is 2.40. The lowest BCUT2D eigenvalue weighted by Crippen LogP contribution is -2.47. The van der Waals surface area contributed by atoms with Gasteiger partial charge in [-0.2, -0.15) is 0 Å². The van der Waals surface area contributed by atoms with E-state index < -0.39 is 0 Å². The Labute approximate surface area is 101 Å². The van der Waals surface area contributed by atoms with E-state index in [0.717, 1.165) is 19.8 Å². The van der Waals surface area contributed by atoms with Gasteiger partial charge in [-0.15, -0.1) is 0 Å². The van der Waals surface area contributed by atoms with Gasteiger partial charge in [-0.1, -0.05) is 20.8 Å². The molecule has 0 amide bonds. The Kier molecular flexibility index (Phi) is 5.22. The number of hydrogen-bond acceptors (Lipinski definition) is 3. The van der Waals surface area contributed by atoms with Gasteiger partial charge in [0.2, 0.25) is 0 Å². The molecule has 1 N–H and O–H groups in total. The quantitative estimate of drug-likeness (QED) is 0.793. The standard InChI is InChI=1S/C13H28N2O/c1-11-10-16-9-8-15(11)7-6-12(14-5)13(2,3)4/h11-12,14H,6-10H2,1-5H3. The van der Waals surface area contributed by atoms with Crippen LogP contribution in [0.3, 0.4) is 0 Å². The largest absolute Gasteiger partial charge is 0.379 e. The number of ether oxygens (including phenoxy) is 1. The molecule has 96 valence electrons. The second-order valence-corrected chi connectivity index (χ2v) is 5.96. The molecule has 2 atom stereocenters. The van der Waals surface area contributed by atoms with Gasteiger partial charge in [0.15, 0.2) is 0 Å². The van der Waals surface area contributed by atoms with Crippen LogP contribution >= 0.6 is 0 Å². The first kappa shape index (κ1) is 13.9. The van der Waals surface area contributed by atoms with Crippen molar-refractivity contribution >= 4 is 0 Å². The highest BCUT2D eigenvalue weighted by atomic mass is 16.5. The van der Waals surface area contributed by atoms with E-state index in [1.165, 1.54) is 13.0 Å². The normalized spacial score (nSPS) is 25.7. The van der Waals surface area contributed by atoms with Gasteiger partial charge in [0.1, 0.15) is 0 Å². The molecule has 0 spiro atoms. The molecular weight excluding hydrogens is 200 g/mol. The fraction of sp³-hybridized carbons (Fsp3) is 1.00. The minimum atomic E-state index is 0.338. The summed E-state index contributed by atoms with van der Waals surface area (Å²) in [5.74, 6) is 0. The van der Waals surface area contributed by atoms with E-state index in [1.54, 1.807) is 0 Å². The second kappa shape index (κ2) is 5.99. The molecule has 1 aliphatic heterocycles. The Morgan fingerprint density at radius 1 is 1.44 bits per heavy atom. The van der Waals surface area contributed by atoms with Crippen molar-refractivity contribution < 1.29 is 4.74 Å². The van der Waals surface area contributed by atoms with Crippen LogP contribution in [0.1, 0.15) is 34.1 Å². The van der Waals surface area contributed by atoms with Gasteiger partial charge in [-0.25, -0.2) is 0 Å². The van der Waals surface area contributed by atoms with Crippen LogP contribution in [-0.2, 0) is 4.74 Å². The first-order valence-corrected chi connectivity index (χ1v) is 6.44. The van der Waals surface area contributed by atoms with Gasteiger partial charge >= 0.3 is 0 Å². The molecule has 0 bridgehead atoms. The lowest BCUT2D eigenvalue weighted by atomic mass is 9.84. The van der Waals surface area contributed by atoms with E-state index in [2.05, 4.69) is 45.0 Å². The molecule has 0 aromatic carbocycles. The Morgan fingerprint density at radius 2 is 2.12 bits per heavy atom. The average Bonchev–Trinajstić information content (AvgIpc) is 2.19. The molecule has 1 rings (SSSR count). The van der Waals surface area contributed by atoms with Gasteiger partial charge in [0, 0.05) is 25.2 Å². The minimum Gasteiger partial charge on any atom is -0.379 e. The van der Waals surface area contributed by atoms with Crippen molar-refractivity contribution in [3.05, 3.63) is 0 Å². The Hall–Kier alpha value is -0.120. The van der Waals surface area contributed by atoms with Crippen molar-refractivity contribution in [2.75, 3.05) is 33.4 Å². The topological polar surface area (TPSA) is 24.5 Å². The Bertz CT molecular complexity index is 201. The minimum absolute atomic E-state index is 0.338. The summed E-state index contributed by atoms with van der Waals surface area (Å²) in [6.07, 6.45) is 1.21. The third-order valence-corrected chi connectivity index (χ3v) is 3.60. The zero-order valence-corrected chi connectivity index (χ0v) is 11.5. The summed E-state index contributed by atoms with van der Waals surface area (Å²) in [4.78, 5) is 2.54. The van der Waals surface area contributed by atoms with Crippen molar-refractivity contribution in [1.82, 2.24) is 10.2 Å². The first-order valence-electron chi connectivity index (χ1n) is 6.44. The molecule has 3 nitrogen and oxygen atoms in total. The van der Waals surface area contributed by atoms with Crippen LogP contribution in [0.2, 0.25) is 0 Å². The Balaban J connectivity index is 2.37. The van der Waals surface area contributed by atoms with Gasteiger partial charge in [0.05, 0.1) is 13.2 Å². The molecule has 1 fully saturated rings. The van der Waals surface area contributed by atoms with Crippen LogP contribution in [0.15, 0.2) is 0 Å². The molecule has 0 radical (unpaired) electrons. The third kappa shape index (κ3) is 4.04. The van der Waals surface area contributed by atoms with Gasteiger partial charge in [0.25, 0.3) is 0 Å². The summed E-state index contributed by atoms with van der Waals surface area (Å²) in [5.41, 5.74) is 0.338. The maximum absolute atomic E-state index is 5.46. The van der Waals surface area contributed by atoms with Gasteiger partial charge < -0.3 is 10.1 Å². The van der Waals surface area contributed by atoms with Crippen LogP contribution in [-0.4, -0.2) is 50.3 Å². The van der Waals surface area contributed by atoms with Crippen LogP contribution in [0.5, 0.6) is 0 Å². The third-order valence-electron chi connectivity index (χ3n) is 3.60. The van der Waals surface area contributed by atoms with Crippen LogP contribution in [0, 0.1) is 5.41 Å². The van der Waals surface area contributed by atoms with E-state index in [1.807, 2.05) is 0 Å². The summed E-state index contributed by atoms with van der Waals surface area (Å²) in [7, 11) is 2.07. The monoisotopic (exact) mass is 228 g/mol. The average molecular weight is 228 g/mol. The molecule has 2 unspecified atom stereocenters. The van der Waals surface area contributed by atoms with E-state index >= 15 is 0 Å². The van der Waals surface area contributed by atoms with E-state index in [4.69, 9.17) is 4.74 Å². The summed E-state index contributed by atoms with van der Waals surface area (Å²) in [5, 5.41) is 3.44. The highest BCUT2D eigenvalue weighted by Crippen LogP contribution is 2.22. The zero-order chi connectivity index (χ0) is 12.2. The van der Waals surface area contributed by atoms with Crippen molar-refractivity contribution in [2.45, 2.75) is 46.2 Å². The van der Waals surface area contributed by atoms with Crippen molar-refractivity contribution in [1.29, 1.82) is 0 Å². The predicted molar refractivity (Wildman–Crippen MR) is 68.8 cm³/mol. The predicted octanol–water partition coefficient (Wildman–Crippen LogP) is 1.73. The zero-order valence-electron chi connectivity index (χ0n) is 11.5. The van der Waals surface area contributed by atoms with Crippen LogP contribution < -0.4 is 5.32 Å². The molecule has 1 aliphatic rings. The molecular formula is C13H28N2O. The maximum Gasteiger partial charge on any atom is 0.0619 e. The highest BCUT2D eigenvalue weighted by molar-refractivity contribution is 4.81. The maximum atomic E-state index is 5.46.